The van der Waals surface area contributed by atoms with E-state index in [1.54, 1.807) is 0 Å². The molecule has 0 spiro atoms. The van der Waals surface area contributed by atoms with Crippen LogP contribution in [-0.2, 0) is 16.1 Å². The van der Waals surface area contributed by atoms with Gasteiger partial charge in [-0.05, 0) is 53.5 Å². The van der Waals surface area contributed by atoms with Crippen molar-refractivity contribution in [1.82, 2.24) is 20.1 Å². The number of esters is 1. The first-order chi connectivity index (χ1) is 9.92. The first-order valence-electron chi connectivity index (χ1n) is 7.73. The molecule has 1 rings (SSSR count). The lowest BCUT2D eigenvalue weighted by Gasteiger charge is -2.28. The Labute approximate surface area is 127 Å². The summed E-state index contributed by atoms with van der Waals surface area (Å²) in [5, 5.41) is 7.59. The fourth-order valence-electron chi connectivity index (χ4n) is 2.46. The molecule has 1 aromatic rings. The number of aryl methyl sites for hydroxylation is 3. The Morgan fingerprint density at radius 1 is 1.33 bits per heavy atom. The van der Waals surface area contributed by atoms with Gasteiger partial charge in [-0.2, -0.15) is 5.10 Å². The van der Waals surface area contributed by atoms with Gasteiger partial charge in [0.2, 0.25) is 0 Å². The summed E-state index contributed by atoms with van der Waals surface area (Å²) < 4.78 is 7.09. The van der Waals surface area contributed by atoms with Crippen LogP contribution in [0.25, 0.3) is 0 Å². The van der Waals surface area contributed by atoms with Crippen molar-refractivity contribution in [3.63, 3.8) is 0 Å². The minimum atomic E-state index is -0.599. The van der Waals surface area contributed by atoms with Crippen molar-refractivity contribution in [1.29, 1.82) is 0 Å². The van der Waals surface area contributed by atoms with Gasteiger partial charge in [-0.3, -0.25) is 9.48 Å². The predicted octanol–water partition coefficient (Wildman–Crippen LogP) is 2.00. The van der Waals surface area contributed by atoms with Gasteiger partial charge in [-0.25, -0.2) is 4.98 Å². The molecule has 1 unspecified atom stereocenters. The van der Waals surface area contributed by atoms with Crippen LogP contribution >= 0.6 is 0 Å². The molecule has 0 aliphatic carbocycles. The number of nitrogens with zero attached hydrogens (tertiary/aromatic N) is 3. The van der Waals surface area contributed by atoms with Crippen molar-refractivity contribution in [2.24, 2.45) is 0 Å². The highest BCUT2D eigenvalue weighted by atomic mass is 16.5. The van der Waals surface area contributed by atoms with Crippen LogP contribution in [0.15, 0.2) is 0 Å². The smallest absolute Gasteiger partial charge is 0.326 e. The highest BCUT2D eigenvalue weighted by molar-refractivity contribution is 5.80. The largest absolute Gasteiger partial charge is 0.465 e. The van der Waals surface area contributed by atoms with E-state index in [0.29, 0.717) is 6.61 Å². The second kappa shape index (κ2) is 8.12. The van der Waals surface area contributed by atoms with Crippen LogP contribution in [0.3, 0.4) is 0 Å². The second-order valence-electron chi connectivity index (χ2n) is 5.47. The maximum Gasteiger partial charge on any atom is 0.326 e. The van der Waals surface area contributed by atoms with Crippen molar-refractivity contribution in [3.8, 4) is 0 Å². The van der Waals surface area contributed by atoms with Crippen molar-refractivity contribution < 1.29 is 9.53 Å². The number of ether oxygens (including phenoxy) is 1. The average Bonchev–Trinajstić information content (AvgIpc) is 2.74. The Morgan fingerprint density at radius 3 is 2.57 bits per heavy atom. The first kappa shape index (κ1) is 17.6. The lowest BCUT2D eigenvalue weighted by Crippen LogP contribution is -2.50. The second-order valence-corrected chi connectivity index (χ2v) is 5.47. The van der Waals surface area contributed by atoms with Crippen LogP contribution in [0.5, 0.6) is 0 Å². The van der Waals surface area contributed by atoms with E-state index in [4.69, 9.17) is 4.74 Å². The van der Waals surface area contributed by atoms with Gasteiger partial charge < -0.3 is 10.1 Å². The third-order valence-electron chi connectivity index (χ3n) is 3.55. The molecular formula is C15H28N4O2. The Balaban J connectivity index is 2.46. The highest BCUT2D eigenvalue weighted by Crippen LogP contribution is 2.16. The fourth-order valence-corrected chi connectivity index (χ4v) is 2.46. The van der Waals surface area contributed by atoms with E-state index in [-0.39, 0.29) is 5.97 Å². The Hall–Kier alpha value is -1.43. The molecule has 6 heteroatoms. The van der Waals surface area contributed by atoms with Crippen molar-refractivity contribution in [3.05, 3.63) is 11.6 Å². The molecule has 0 aliphatic heterocycles. The quantitative estimate of drug-likeness (QED) is 0.557. The summed E-state index contributed by atoms with van der Waals surface area (Å²) in [6.45, 7) is 11.6. The van der Waals surface area contributed by atoms with E-state index < -0.39 is 5.54 Å². The number of rotatable bonds is 9. The molecule has 0 fully saturated rings. The van der Waals surface area contributed by atoms with Crippen molar-refractivity contribution in [2.45, 2.75) is 66.0 Å². The summed E-state index contributed by atoms with van der Waals surface area (Å²) in [5.41, 5.74) is -0.599. The molecule has 0 radical (unpaired) electrons. The molecule has 0 aromatic carbocycles. The highest BCUT2D eigenvalue weighted by Gasteiger charge is 2.32. The summed E-state index contributed by atoms with van der Waals surface area (Å²) in [6.07, 6.45) is 2.65. The van der Waals surface area contributed by atoms with Crippen molar-refractivity contribution >= 4 is 5.97 Å². The monoisotopic (exact) mass is 296 g/mol. The summed E-state index contributed by atoms with van der Waals surface area (Å²) in [4.78, 5) is 16.4. The van der Waals surface area contributed by atoms with Crippen LogP contribution in [0.4, 0.5) is 0 Å². The summed E-state index contributed by atoms with van der Waals surface area (Å²) in [7, 11) is 0. The number of carbonyl (C=O) groups excluding carboxylic acids is 1. The van der Waals surface area contributed by atoms with E-state index in [0.717, 1.165) is 44.0 Å². The lowest BCUT2D eigenvalue weighted by atomic mass is 9.94. The fraction of sp³-hybridized carbons (Fsp3) is 0.800. The summed E-state index contributed by atoms with van der Waals surface area (Å²) >= 11 is 0. The zero-order valence-corrected chi connectivity index (χ0v) is 13.9. The molecule has 0 saturated heterocycles. The molecule has 1 aromatic heterocycles. The number of likely N-dealkylation sites (N-methyl/N-ethyl adjacent to an activating group) is 1. The molecule has 1 N–H and O–H groups in total. The van der Waals surface area contributed by atoms with E-state index in [9.17, 15) is 4.79 Å². The molecule has 0 amide bonds. The van der Waals surface area contributed by atoms with Gasteiger partial charge in [0.05, 0.1) is 6.61 Å². The van der Waals surface area contributed by atoms with E-state index in [1.165, 1.54) is 0 Å². The average molecular weight is 296 g/mol. The Morgan fingerprint density at radius 2 is 2.05 bits per heavy atom. The van der Waals surface area contributed by atoms with Crippen LogP contribution in [-0.4, -0.2) is 39.4 Å². The third-order valence-corrected chi connectivity index (χ3v) is 3.55. The zero-order valence-electron chi connectivity index (χ0n) is 13.9. The maximum atomic E-state index is 12.1. The number of carbonyl (C=O) groups is 1. The van der Waals surface area contributed by atoms with Gasteiger partial charge >= 0.3 is 5.97 Å². The molecule has 1 heterocycles. The number of unbranched alkanes of at least 4 members (excludes halogenated alkanes) is 1. The van der Waals surface area contributed by atoms with Crippen LogP contribution in [0, 0.1) is 13.8 Å². The third kappa shape index (κ3) is 5.12. The Kier molecular flexibility index (Phi) is 6.81. The standard InChI is InChI=1S/C15H28N4O2/c1-6-16-15(5,14(20)21-7-2)10-8-9-11-19-13(4)17-12(3)18-19/h16H,6-11H2,1-5H3. The number of hydrogen-bond acceptors (Lipinski definition) is 5. The molecule has 21 heavy (non-hydrogen) atoms. The van der Waals surface area contributed by atoms with Gasteiger partial charge in [-0.1, -0.05) is 6.92 Å². The molecule has 6 nitrogen and oxygen atoms in total. The molecule has 0 bridgehead atoms. The van der Waals surface area contributed by atoms with Crippen LogP contribution < -0.4 is 5.32 Å². The SMILES string of the molecule is CCNC(C)(CCCCn1nc(C)nc1C)C(=O)OCC. The summed E-state index contributed by atoms with van der Waals surface area (Å²) in [5.74, 6) is 1.57. The topological polar surface area (TPSA) is 69.0 Å². The van der Waals surface area contributed by atoms with E-state index in [1.807, 2.05) is 39.3 Å². The number of hydrogen-bond donors (Lipinski definition) is 1. The Bertz CT molecular complexity index is 459. The lowest BCUT2D eigenvalue weighted by molar-refractivity contribution is -0.150. The number of nitrogens with one attached hydrogen (secondary N) is 1. The van der Waals surface area contributed by atoms with E-state index in [2.05, 4.69) is 15.4 Å². The van der Waals surface area contributed by atoms with Gasteiger partial charge in [-0.15, -0.1) is 0 Å². The minimum absolute atomic E-state index is 0.167. The maximum absolute atomic E-state index is 12.1. The van der Waals surface area contributed by atoms with Gasteiger partial charge in [0.15, 0.2) is 0 Å². The van der Waals surface area contributed by atoms with E-state index >= 15 is 0 Å². The normalized spacial score (nSPS) is 14.0. The van der Waals surface area contributed by atoms with Crippen molar-refractivity contribution in [2.75, 3.05) is 13.2 Å². The molecule has 0 aliphatic rings. The van der Waals surface area contributed by atoms with Gasteiger partial charge in [0.25, 0.3) is 0 Å². The predicted molar refractivity (Wildman–Crippen MR) is 82.1 cm³/mol. The molecule has 1 atom stereocenters. The minimum Gasteiger partial charge on any atom is -0.465 e. The number of aromatic nitrogens is 3. The van der Waals surface area contributed by atoms with Crippen LogP contribution in [0.2, 0.25) is 0 Å². The first-order valence-corrected chi connectivity index (χ1v) is 7.73. The molecule has 0 saturated carbocycles. The molecule has 120 valence electrons. The molecular weight excluding hydrogens is 268 g/mol. The summed E-state index contributed by atoms with van der Waals surface area (Å²) in [6, 6.07) is 0. The zero-order chi connectivity index (χ0) is 15.9. The van der Waals surface area contributed by atoms with Gasteiger partial charge in [0.1, 0.15) is 17.2 Å². The van der Waals surface area contributed by atoms with Gasteiger partial charge in [0, 0.05) is 6.54 Å². The van der Waals surface area contributed by atoms with Crippen LogP contribution in [0.1, 0.15) is 51.7 Å².